The van der Waals surface area contributed by atoms with Crippen LogP contribution in [0.5, 0.6) is 0 Å². The number of carbonyl (C=O) groups excluding carboxylic acids is 9. The molecule has 1 heterocycles. The fourth-order valence-electron chi connectivity index (χ4n) is 6.19. The van der Waals surface area contributed by atoms with Crippen LogP contribution in [0.15, 0.2) is 72.8 Å². The molecular formula is C45H54N6O12. The lowest BCUT2D eigenvalue weighted by molar-refractivity contribution is -0.148. The number of hydrogen-bond acceptors (Lipinski definition) is 12. The van der Waals surface area contributed by atoms with Crippen molar-refractivity contribution in [2.75, 3.05) is 16.0 Å². The van der Waals surface area contributed by atoms with Crippen LogP contribution in [0.25, 0.3) is 0 Å². The van der Waals surface area contributed by atoms with E-state index >= 15 is 0 Å². The average molecular weight is 871 g/mol. The van der Waals surface area contributed by atoms with Gasteiger partial charge in [0.15, 0.2) is 0 Å². The Kier molecular flexibility index (Phi) is 17.9. The topological polar surface area (TPSA) is 253 Å². The van der Waals surface area contributed by atoms with E-state index in [2.05, 4.69) is 31.9 Å². The van der Waals surface area contributed by atoms with Gasteiger partial charge in [0.25, 0.3) is 17.7 Å². The predicted octanol–water partition coefficient (Wildman–Crippen LogP) is 4.41. The second-order valence-electron chi connectivity index (χ2n) is 15.5. The quantitative estimate of drug-likeness (QED) is 0.109. The second kappa shape index (κ2) is 23.2. The summed E-state index contributed by atoms with van der Waals surface area (Å²) >= 11 is 0. The Morgan fingerprint density at radius 1 is 0.444 bits per heavy atom. The SMILES string of the molecule is CC(C)OC(=O)CC[C@@H]1NC(=O)c2cccc(c2)NC(=O)[C@H](CCC(=O)OC(C)C)NC(=O)c2cccc(c2)NC(=O)[C@H](CCC(=O)OC(C)C)NC(=O)c2cccc(c2)NC1=O. The number of nitrogens with one attached hydrogen (secondary N) is 6. The van der Waals surface area contributed by atoms with E-state index in [9.17, 15) is 43.2 Å². The zero-order chi connectivity index (χ0) is 46.2. The Labute approximate surface area is 364 Å². The first kappa shape index (κ1) is 48.6. The molecule has 1 aliphatic heterocycles. The van der Waals surface area contributed by atoms with Gasteiger partial charge in [0.05, 0.1) is 18.3 Å². The minimum absolute atomic E-state index is 0.0236. The van der Waals surface area contributed by atoms with Crippen molar-refractivity contribution in [1.82, 2.24) is 16.0 Å². The molecule has 18 heteroatoms. The van der Waals surface area contributed by atoms with Crippen molar-refractivity contribution >= 4 is 70.4 Å². The number of esters is 3. The van der Waals surface area contributed by atoms with E-state index in [1.165, 1.54) is 72.8 Å². The molecule has 0 aromatic heterocycles. The second-order valence-corrected chi connectivity index (χ2v) is 15.5. The first-order chi connectivity index (χ1) is 29.9. The maximum absolute atomic E-state index is 13.8. The molecule has 3 atom stereocenters. The van der Waals surface area contributed by atoms with Crippen molar-refractivity contribution in [2.45, 2.75) is 117 Å². The molecule has 0 radical (unpaired) electrons. The number of fused-ring (bicyclic) bond motifs is 6. The van der Waals surface area contributed by atoms with E-state index in [-0.39, 0.29) is 72.3 Å². The lowest BCUT2D eigenvalue weighted by atomic mass is 10.1. The van der Waals surface area contributed by atoms with Gasteiger partial charge in [0, 0.05) is 53.0 Å². The fraction of sp³-hybridized carbons (Fsp3) is 0.400. The molecule has 0 unspecified atom stereocenters. The van der Waals surface area contributed by atoms with Crippen molar-refractivity contribution in [2.24, 2.45) is 0 Å². The zero-order valence-corrected chi connectivity index (χ0v) is 36.0. The van der Waals surface area contributed by atoms with Crippen molar-refractivity contribution < 1.29 is 57.4 Å². The number of anilines is 3. The molecule has 18 nitrogen and oxygen atoms in total. The van der Waals surface area contributed by atoms with Gasteiger partial charge in [-0.1, -0.05) is 18.2 Å². The van der Waals surface area contributed by atoms with Gasteiger partial charge < -0.3 is 46.1 Å². The molecule has 6 amide bonds. The highest BCUT2D eigenvalue weighted by Gasteiger charge is 2.28. The third-order valence-corrected chi connectivity index (χ3v) is 9.06. The number of rotatable bonds is 12. The smallest absolute Gasteiger partial charge is 0.306 e. The number of hydrogen-bond donors (Lipinski definition) is 6. The highest BCUT2D eigenvalue weighted by atomic mass is 16.5. The van der Waals surface area contributed by atoms with Crippen molar-refractivity contribution in [3.05, 3.63) is 89.5 Å². The minimum Gasteiger partial charge on any atom is -0.463 e. The van der Waals surface area contributed by atoms with Gasteiger partial charge in [-0.15, -0.1) is 0 Å². The third-order valence-electron chi connectivity index (χ3n) is 9.06. The van der Waals surface area contributed by atoms with Gasteiger partial charge in [-0.05, 0) is 115 Å². The summed E-state index contributed by atoms with van der Waals surface area (Å²) in [5.41, 5.74) is 0.486. The summed E-state index contributed by atoms with van der Waals surface area (Å²) in [6, 6.07) is 13.3. The van der Waals surface area contributed by atoms with Crippen LogP contribution in [0.1, 0.15) is 111 Å². The van der Waals surface area contributed by atoms with Crippen LogP contribution in [0.2, 0.25) is 0 Å². The summed E-state index contributed by atoms with van der Waals surface area (Å²) in [7, 11) is 0. The summed E-state index contributed by atoms with van der Waals surface area (Å²) in [6.07, 6.45) is -2.57. The minimum atomic E-state index is -1.31. The molecule has 6 bridgehead atoms. The van der Waals surface area contributed by atoms with Crippen molar-refractivity contribution in [1.29, 1.82) is 0 Å². The van der Waals surface area contributed by atoms with Crippen LogP contribution in [-0.2, 0) is 43.0 Å². The van der Waals surface area contributed by atoms with E-state index in [0.29, 0.717) is 0 Å². The van der Waals surface area contributed by atoms with Crippen LogP contribution in [0, 0.1) is 0 Å². The first-order valence-electron chi connectivity index (χ1n) is 20.6. The van der Waals surface area contributed by atoms with E-state index in [0.717, 1.165) is 0 Å². The Bertz CT molecular complexity index is 1950. The van der Waals surface area contributed by atoms with Crippen molar-refractivity contribution in [3.8, 4) is 0 Å². The zero-order valence-electron chi connectivity index (χ0n) is 36.0. The lowest BCUT2D eigenvalue weighted by Gasteiger charge is -2.21. The Hall–Kier alpha value is -7.11. The van der Waals surface area contributed by atoms with E-state index < -0.39 is 89.8 Å². The number of carbonyl (C=O) groups is 9. The normalized spacial score (nSPS) is 17.6. The van der Waals surface area contributed by atoms with Crippen LogP contribution in [0.3, 0.4) is 0 Å². The van der Waals surface area contributed by atoms with Crippen LogP contribution >= 0.6 is 0 Å². The molecular weight excluding hydrogens is 817 g/mol. The Morgan fingerprint density at radius 3 is 0.937 bits per heavy atom. The van der Waals surface area contributed by atoms with Gasteiger partial charge in [0.2, 0.25) is 17.7 Å². The average Bonchev–Trinajstić information content (AvgIpc) is 3.21. The van der Waals surface area contributed by atoms with Crippen LogP contribution in [-0.4, -0.2) is 89.8 Å². The molecule has 0 fully saturated rings. The van der Waals surface area contributed by atoms with Crippen LogP contribution < -0.4 is 31.9 Å². The maximum atomic E-state index is 13.8. The third kappa shape index (κ3) is 16.0. The van der Waals surface area contributed by atoms with E-state index in [4.69, 9.17) is 14.2 Å². The number of amides is 6. The van der Waals surface area contributed by atoms with E-state index in [1.807, 2.05) is 0 Å². The van der Waals surface area contributed by atoms with E-state index in [1.54, 1.807) is 41.5 Å². The summed E-state index contributed by atoms with van der Waals surface area (Å²) in [6.45, 7) is 9.99. The summed E-state index contributed by atoms with van der Waals surface area (Å²) in [5, 5.41) is 15.9. The van der Waals surface area contributed by atoms with Gasteiger partial charge in [-0.2, -0.15) is 0 Å². The maximum Gasteiger partial charge on any atom is 0.306 e. The molecule has 336 valence electrons. The summed E-state index contributed by atoms with van der Waals surface area (Å²) in [4.78, 5) is 120. The van der Waals surface area contributed by atoms with Gasteiger partial charge >= 0.3 is 17.9 Å². The predicted molar refractivity (Wildman–Crippen MR) is 230 cm³/mol. The highest BCUT2D eigenvalue weighted by molar-refractivity contribution is 6.06. The highest BCUT2D eigenvalue weighted by Crippen LogP contribution is 2.18. The first-order valence-corrected chi connectivity index (χ1v) is 20.6. The molecule has 3 aromatic rings. The van der Waals surface area contributed by atoms with Gasteiger partial charge in [-0.3, -0.25) is 43.2 Å². The Balaban J connectivity index is 1.74. The van der Waals surface area contributed by atoms with Crippen molar-refractivity contribution in [3.63, 3.8) is 0 Å². The van der Waals surface area contributed by atoms with Gasteiger partial charge in [-0.25, -0.2) is 0 Å². The summed E-state index contributed by atoms with van der Waals surface area (Å²) < 4.78 is 15.7. The Morgan fingerprint density at radius 2 is 0.698 bits per heavy atom. The molecule has 63 heavy (non-hydrogen) atoms. The van der Waals surface area contributed by atoms with Gasteiger partial charge in [0.1, 0.15) is 18.1 Å². The fourth-order valence-corrected chi connectivity index (χ4v) is 6.19. The number of benzene rings is 3. The number of ether oxygens (including phenoxy) is 3. The lowest BCUT2D eigenvalue weighted by Crippen LogP contribution is -2.45. The molecule has 6 N–H and O–H groups in total. The largest absolute Gasteiger partial charge is 0.463 e. The molecule has 0 saturated carbocycles. The molecule has 0 spiro atoms. The molecule has 1 aliphatic rings. The standard InChI is InChI=1S/C45H54N6O12/c1-25(2)61-37(52)19-16-34-43(58)46-31-13-8-11-29(23-31)41(56)50-36(18-21-39(54)63-27(5)6)45(60)48-33-15-9-12-30(24-33)42(57)51-35(17-20-38(53)62-26(3)4)44(59)47-32-14-7-10-28(22-32)40(55)49-34/h7-15,22-27,34-36H,16-21H2,1-6H3,(H,46,58)(H,47,59)(H,48,60)(H,49,55)(H,50,56)(H,51,57)/t34-,35-,36-/m0/s1. The molecule has 0 aliphatic carbocycles. The van der Waals surface area contributed by atoms with Crippen LogP contribution in [0.4, 0.5) is 17.1 Å². The molecule has 4 rings (SSSR count). The molecule has 3 aromatic carbocycles. The monoisotopic (exact) mass is 870 g/mol. The molecule has 0 saturated heterocycles. The summed E-state index contributed by atoms with van der Waals surface area (Å²) in [5.74, 6) is -6.27.